The first-order chi connectivity index (χ1) is 10.1. The minimum absolute atomic E-state index is 0. The molecule has 0 saturated heterocycles. The Balaban J connectivity index is 0.000000819. The minimum atomic E-state index is -0.529. The Morgan fingerprint density at radius 2 is 1.82 bits per heavy atom. The molecule has 0 aliphatic heterocycles. The van der Waals surface area contributed by atoms with Crippen molar-refractivity contribution in [3.8, 4) is 11.5 Å². The van der Waals surface area contributed by atoms with E-state index in [4.69, 9.17) is 8.83 Å². The van der Waals surface area contributed by atoms with Gasteiger partial charge in [-0.15, -0.1) is 0 Å². The van der Waals surface area contributed by atoms with E-state index in [-0.39, 0.29) is 85.9 Å². The summed E-state index contributed by atoms with van der Waals surface area (Å²) < 4.78 is 10.2. The van der Waals surface area contributed by atoms with Crippen LogP contribution in [0.5, 0.6) is 11.5 Å². The molecule has 0 aliphatic carbocycles. The summed E-state index contributed by atoms with van der Waals surface area (Å²) in [6.45, 7) is 5.56. The van der Waals surface area contributed by atoms with Gasteiger partial charge in [0.05, 0.1) is 11.6 Å². The number of nitrogens with two attached hydrogens (primary N) is 1. The third-order valence-electron chi connectivity index (χ3n) is 2.64. The molecule has 3 rings (SSSR count). The number of phenolic OH excluding ortho intramolecular Hbond substituents is 1. The number of aromatic hydroxyl groups is 1. The van der Waals surface area contributed by atoms with Gasteiger partial charge in [0.25, 0.3) is 0 Å². The molecule has 22 heavy (non-hydrogen) atoms. The second kappa shape index (κ2) is 9.47. The number of aryl methyl sites for hydroxylation is 1. The van der Waals surface area contributed by atoms with Crippen LogP contribution in [-0.4, -0.2) is 12.2 Å². The van der Waals surface area contributed by atoms with Gasteiger partial charge in [-0.2, -0.15) is 0 Å². The van der Waals surface area contributed by atoms with E-state index in [1.165, 1.54) is 25.4 Å². The molecule has 0 fully saturated rings. The largest absolute Gasteiger partial charge is 1.00 e. The first-order valence-corrected chi connectivity index (χ1v) is 6.51. The molecule has 0 radical (unpaired) electrons. The molecule has 0 spiro atoms. The number of benzene rings is 1. The molecule has 7 heteroatoms. The first kappa shape index (κ1) is 21.3. The van der Waals surface area contributed by atoms with E-state index >= 15 is 0 Å². The Bertz CT molecular complexity index is 807. The van der Waals surface area contributed by atoms with E-state index < -0.39 is 11.2 Å². The molecule has 0 amide bonds. The van der Waals surface area contributed by atoms with Gasteiger partial charge in [-0.25, -0.2) is 0 Å². The number of phenols is 1. The standard InChI is InChI=1S/C12H8O5.C2H6.CH5N.Rb/c1-5-4-7(13)8-9(14)6-2-3-16-11(6)10(15)12(8)17-5;2*1-2;/h2-4,14-15H,1H3;1-2H3;2H2,1H3;/q;;;+1/p-1. The van der Waals surface area contributed by atoms with Gasteiger partial charge in [0.2, 0.25) is 0 Å². The molecule has 3 aromatic rings. The Labute approximate surface area is 176 Å². The molecule has 2 aromatic heterocycles. The molecular weight excluding hydrogens is 360 g/mol. The Hall–Kier alpha value is -0.665. The average molecular weight is 378 g/mol. The first-order valence-electron chi connectivity index (χ1n) is 6.51. The van der Waals surface area contributed by atoms with E-state index in [1.54, 1.807) is 6.92 Å². The molecule has 3 N–H and O–H groups in total. The Morgan fingerprint density at radius 1 is 1.23 bits per heavy atom. The van der Waals surface area contributed by atoms with Crippen molar-refractivity contribution < 1.29 is 77.2 Å². The zero-order valence-corrected chi connectivity index (χ0v) is 18.3. The zero-order chi connectivity index (χ0) is 16.2. The van der Waals surface area contributed by atoms with E-state index in [0.717, 1.165) is 0 Å². The second-order valence-electron chi connectivity index (χ2n) is 3.77. The molecule has 0 saturated carbocycles. The Kier molecular flexibility index (Phi) is 9.18. The normalized spacial score (nSPS) is 9.32. The number of fused-ring (bicyclic) bond motifs is 2. The van der Waals surface area contributed by atoms with Crippen LogP contribution in [0, 0.1) is 6.92 Å². The molecule has 0 bridgehead atoms. The summed E-state index contributed by atoms with van der Waals surface area (Å²) in [5.74, 6) is -0.499. The van der Waals surface area contributed by atoms with Gasteiger partial charge in [0.1, 0.15) is 28.1 Å². The van der Waals surface area contributed by atoms with Crippen LogP contribution >= 0.6 is 0 Å². The fourth-order valence-corrected chi connectivity index (χ4v) is 1.90. The molecule has 2 heterocycles. The van der Waals surface area contributed by atoms with Crippen molar-refractivity contribution in [1.29, 1.82) is 0 Å². The second-order valence-corrected chi connectivity index (χ2v) is 3.77. The summed E-state index contributed by atoms with van der Waals surface area (Å²) in [4.78, 5) is 11.7. The third-order valence-corrected chi connectivity index (χ3v) is 2.64. The molecule has 114 valence electrons. The smallest absolute Gasteiger partial charge is 0.867 e. The van der Waals surface area contributed by atoms with Gasteiger partial charge < -0.3 is 24.8 Å². The van der Waals surface area contributed by atoms with E-state index in [1.807, 2.05) is 13.8 Å². The molecule has 0 atom stereocenters. The van der Waals surface area contributed by atoms with E-state index in [0.29, 0.717) is 5.76 Å². The van der Waals surface area contributed by atoms with Crippen molar-refractivity contribution in [3.63, 3.8) is 0 Å². The van der Waals surface area contributed by atoms with Gasteiger partial charge in [-0.05, 0) is 25.8 Å². The van der Waals surface area contributed by atoms with Gasteiger partial charge in [-0.1, -0.05) is 13.8 Å². The van der Waals surface area contributed by atoms with Crippen molar-refractivity contribution in [2.45, 2.75) is 20.8 Å². The zero-order valence-electron chi connectivity index (χ0n) is 13.4. The maximum atomic E-state index is 12.0. The minimum Gasteiger partial charge on any atom is -0.867 e. The van der Waals surface area contributed by atoms with Crippen LogP contribution in [0.15, 0.2) is 32.0 Å². The van der Waals surface area contributed by atoms with Gasteiger partial charge in [0.15, 0.2) is 5.43 Å². The van der Waals surface area contributed by atoms with Crippen LogP contribution in [0.2, 0.25) is 0 Å². The van der Waals surface area contributed by atoms with Crippen LogP contribution in [0.4, 0.5) is 0 Å². The summed E-state index contributed by atoms with van der Waals surface area (Å²) in [5, 5.41) is 22.0. The number of rotatable bonds is 0. The van der Waals surface area contributed by atoms with Crippen LogP contribution < -0.4 is 74.5 Å². The summed E-state index contributed by atoms with van der Waals surface area (Å²) in [5.41, 5.74) is 3.88. The quantitative estimate of drug-likeness (QED) is 0.532. The Morgan fingerprint density at radius 3 is 2.41 bits per heavy atom. The van der Waals surface area contributed by atoms with Crippen LogP contribution in [0.3, 0.4) is 0 Å². The van der Waals surface area contributed by atoms with Gasteiger partial charge in [0, 0.05) is 6.07 Å². The number of hydrogen-bond donors (Lipinski definition) is 2. The number of hydrogen-bond acceptors (Lipinski definition) is 6. The average Bonchev–Trinajstić information content (AvgIpc) is 2.98. The molecule has 0 unspecified atom stereocenters. The van der Waals surface area contributed by atoms with E-state index in [2.05, 4.69) is 5.73 Å². The van der Waals surface area contributed by atoms with Gasteiger partial charge >= 0.3 is 58.2 Å². The molecular formula is C15H18NO5Rb. The fourth-order valence-electron chi connectivity index (χ4n) is 1.90. The van der Waals surface area contributed by atoms with E-state index in [9.17, 15) is 15.0 Å². The monoisotopic (exact) mass is 377 g/mol. The van der Waals surface area contributed by atoms with Crippen molar-refractivity contribution in [3.05, 3.63) is 34.4 Å². The van der Waals surface area contributed by atoms with Crippen molar-refractivity contribution in [2.75, 3.05) is 7.05 Å². The number of furan rings is 1. The molecule has 1 aromatic carbocycles. The van der Waals surface area contributed by atoms with Gasteiger partial charge in [-0.3, -0.25) is 4.79 Å². The van der Waals surface area contributed by atoms with Crippen molar-refractivity contribution in [2.24, 2.45) is 5.73 Å². The van der Waals surface area contributed by atoms with Crippen molar-refractivity contribution >= 4 is 21.9 Å². The molecule has 0 aliphatic rings. The fraction of sp³-hybridized carbons (Fsp3) is 0.267. The maximum Gasteiger partial charge on any atom is 1.00 e. The van der Waals surface area contributed by atoms with Crippen LogP contribution in [0.1, 0.15) is 19.6 Å². The predicted molar refractivity (Wildman–Crippen MR) is 79.6 cm³/mol. The SMILES string of the molecule is CC.CN.Cc1cc(=O)c2c(O)c3ccoc3c([O-])c2o1.[Rb+]. The topological polar surface area (TPSA) is 113 Å². The third kappa shape index (κ3) is 3.80. The van der Waals surface area contributed by atoms with Crippen molar-refractivity contribution in [1.82, 2.24) is 0 Å². The van der Waals surface area contributed by atoms with Crippen LogP contribution in [0.25, 0.3) is 21.9 Å². The predicted octanol–water partition coefficient (Wildman–Crippen LogP) is -0.768. The summed E-state index contributed by atoms with van der Waals surface area (Å²) >= 11 is 0. The summed E-state index contributed by atoms with van der Waals surface area (Å²) in [6, 6.07) is 2.66. The maximum absolute atomic E-state index is 12.0. The summed E-state index contributed by atoms with van der Waals surface area (Å²) in [6.07, 6.45) is 1.28. The summed E-state index contributed by atoms with van der Waals surface area (Å²) in [7, 11) is 1.50. The van der Waals surface area contributed by atoms with Crippen LogP contribution in [-0.2, 0) is 0 Å². The molecule has 6 nitrogen and oxygen atoms in total.